The van der Waals surface area contributed by atoms with Crippen LogP contribution in [0.15, 0.2) is 36.9 Å². The van der Waals surface area contributed by atoms with E-state index < -0.39 is 0 Å². The number of hydrogen-bond acceptors (Lipinski definition) is 2. The summed E-state index contributed by atoms with van der Waals surface area (Å²) in [6.45, 7) is 6.12. The molecule has 0 amide bonds. The van der Waals surface area contributed by atoms with Crippen molar-refractivity contribution in [3.63, 3.8) is 0 Å². The van der Waals surface area contributed by atoms with Crippen molar-refractivity contribution < 1.29 is 0 Å². The fraction of sp³-hybridized carbons (Fsp3) is 0.421. The molecule has 22 heavy (non-hydrogen) atoms. The molecule has 1 aromatic heterocycles. The quantitative estimate of drug-likeness (QED) is 0.261. The molecular formula is C19H26N2S. The molecule has 0 bridgehead atoms. The number of amidine groups is 1. The predicted octanol–water partition coefficient (Wildman–Crippen LogP) is 5.82. The van der Waals surface area contributed by atoms with E-state index in [1.54, 1.807) is 11.3 Å². The Morgan fingerprint density at radius 3 is 2.86 bits per heavy atom. The van der Waals surface area contributed by atoms with E-state index in [1.165, 1.54) is 41.3 Å². The summed E-state index contributed by atoms with van der Waals surface area (Å²) < 4.78 is 1.24. The summed E-state index contributed by atoms with van der Waals surface area (Å²) in [5.74, 6) is 0.739. The number of fused-ring (bicyclic) bond motifs is 1. The number of thiophene rings is 1. The van der Waals surface area contributed by atoms with Crippen molar-refractivity contribution in [2.45, 2.75) is 51.4 Å². The van der Waals surface area contributed by atoms with Gasteiger partial charge in [0.25, 0.3) is 0 Å². The molecule has 2 nitrogen and oxygen atoms in total. The third-order valence-electron chi connectivity index (χ3n) is 4.18. The van der Waals surface area contributed by atoms with E-state index in [2.05, 4.69) is 37.8 Å². The molecule has 3 heteroatoms. The number of allylic oxidation sites excluding steroid dienone is 1. The number of nitrogen functional groups attached to an aromatic ring is 1. The van der Waals surface area contributed by atoms with Crippen LogP contribution in [0.25, 0.3) is 10.1 Å². The first-order valence-electron chi connectivity index (χ1n) is 8.15. The lowest BCUT2D eigenvalue weighted by molar-refractivity contribution is 0.541. The van der Waals surface area contributed by atoms with Crippen LogP contribution in [0, 0.1) is 5.41 Å². The maximum absolute atomic E-state index is 7.67. The molecular weight excluding hydrogens is 288 g/mol. The van der Waals surface area contributed by atoms with Gasteiger partial charge in [-0.1, -0.05) is 44.4 Å². The zero-order chi connectivity index (χ0) is 15.9. The molecule has 0 aliphatic rings. The van der Waals surface area contributed by atoms with Crippen LogP contribution >= 0.6 is 11.3 Å². The van der Waals surface area contributed by atoms with Crippen molar-refractivity contribution in [2.75, 3.05) is 0 Å². The number of rotatable bonds is 9. The molecule has 0 aliphatic carbocycles. The van der Waals surface area contributed by atoms with Crippen LogP contribution in [0.4, 0.5) is 0 Å². The number of nitrogens with one attached hydrogen (secondary N) is 1. The molecule has 1 aromatic carbocycles. The zero-order valence-corrected chi connectivity index (χ0v) is 14.2. The zero-order valence-electron chi connectivity index (χ0n) is 13.4. The maximum Gasteiger partial charge on any atom is 0.133 e. The molecule has 1 heterocycles. The van der Waals surface area contributed by atoms with Crippen LogP contribution in [0.5, 0.6) is 0 Å². The Bertz CT molecular complexity index is 642. The molecule has 1 atom stereocenters. The normalized spacial score (nSPS) is 12.4. The molecule has 118 valence electrons. The molecule has 2 rings (SSSR count). The Morgan fingerprint density at radius 2 is 2.18 bits per heavy atom. The van der Waals surface area contributed by atoms with Gasteiger partial charge < -0.3 is 5.73 Å². The van der Waals surface area contributed by atoms with Gasteiger partial charge in [-0.25, -0.2) is 0 Å². The molecule has 0 saturated heterocycles. The van der Waals surface area contributed by atoms with Crippen LogP contribution in [0.2, 0.25) is 0 Å². The van der Waals surface area contributed by atoms with Gasteiger partial charge >= 0.3 is 0 Å². The minimum Gasteiger partial charge on any atom is -0.383 e. The summed E-state index contributed by atoms with van der Waals surface area (Å²) in [6, 6.07) is 8.61. The molecule has 0 spiro atoms. The highest BCUT2D eigenvalue weighted by atomic mass is 32.1. The first kappa shape index (κ1) is 16.8. The average Bonchev–Trinajstić information content (AvgIpc) is 2.95. The number of benzene rings is 1. The second kappa shape index (κ2) is 8.14. The van der Waals surface area contributed by atoms with Gasteiger partial charge in [0, 0.05) is 4.70 Å². The minimum absolute atomic E-state index is 0.167. The van der Waals surface area contributed by atoms with Gasteiger partial charge in [-0.2, -0.15) is 0 Å². The van der Waals surface area contributed by atoms with E-state index in [0.29, 0.717) is 5.92 Å². The van der Waals surface area contributed by atoms with E-state index in [4.69, 9.17) is 11.1 Å². The van der Waals surface area contributed by atoms with Crippen molar-refractivity contribution in [2.24, 2.45) is 5.73 Å². The van der Waals surface area contributed by atoms with Gasteiger partial charge in [0.05, 0.1) is 4.88 Å². The minimum atomic E-state index is 0.167. The van der Waals surface area contributed by atoms with Crippen molar-refractivity contribution in [3.8, 4) is 0 Å². The van der Waals surface area contributed by atoms with Gasteiger partial charge in [0.1, 0.15) is 5.84 Å². The van der Waals surface area contributed by atoms with E-state index in [9.17, 15) is 0 Å². The van der Waals surface area contributed by atoms with E-state index in [-0.39, 0.29) is 5.84 Å². The summed E-state index contributed by atoms with van der Waals surface area (Å²) in [5, 5.41) is 8.95. The molecule has 2 aromatic rings. The summed E-state index contributed by atoms with van der Waals surface area (Å²) in [6.07, 6.45) is 9.27. The average molecular weight is 314 g/mol. The fourth-order valence-electron chi connectivity index (χ4n) is 2.99. The Balaban J connectivity index is 2.34. The third kappa shape index (κ3) is 3.98. The first-order valence-corrected chi connectivity index (χ1v) is 8.96. The number of unbranched alkanes of at least 4 members (excludes halogenated alkanes) is 2. The topological polar surface area (TPSA) is 49.9 Å². The molecule has 0 saturated carbocycles. The van der Waals surface area contributed by atoms with Crippen LogP contribution in [0.3, 0.4) is 0 Å². The Morgan fingerprint density at radius 1 is 1.36 bits per heavy atom. The smallest absolute Gasteiger partial charge is 0.133 e. The van der Waals surface area contributed by atoms with Crippen molar-refractivity contribution in [1.29, 1.82) is 5.41 Å². The number of hydrogen-bond donors (Lipinski definition) is 2. The van der Waals surface area contributed by atoms with Crippen LogP contribution in [-0.2, 0) is 0 Å². The Kier molecular flexibility index (Phi) is 6.20. The molecule has 0 aliphatic heterocycles. The van der Waals surface area contributed by atoms with Crippen molar-refractivity contribution in [1.82, 2.24) is 0 Å². The highest BCUT2D eigenvalue weighted by Gasteiger charge is 2.16. The van der Waals surface area contributed by atoms with Crippen LogP contribution in [-0.4, -0.2) is 5.84 Å². The Hall–Kier alpha value is -1.61. The van der Waals surface area contributed by atoms with E-state index >= 15 is 0 Å². The first-order chi connectivity index (χ1) is 10.7. The molecule has 0 radical (unpaired) electrons. The summed E-state index contributed by atoms with van der Waals surface area (Å²) >= 11 is 1.62. The monoisotopic (exact) mass is 314 g/mol. The van der Waals surface area contributed by atoms with Crippen molar-refractivity contribution in [3.05, 3.63) is 47.4 Å². The fourth-order valence-corrected chi connectivity index (χ4v) is 3.94. The second-order valence-corrected chi connectivity index (χ2v) is 6.93. The van der Waals surface area contributed by atoms with E-state index in [1.807, 2.05) is 6.08 Å². The predicted molar refractivity (Wildman–Crippen MR) is 99.2 cm³/mol. The van der Waals surface area contributed by atoms with Crippen LogP contribution in [0.1, 0.15) is 61.8 Å². The highest BCUT2D eigenvalue weighted by molar-refractivity contribution is 7.20. The second-order valence-electron chi connectivity index (χ2n) is 5.84. The van der Waals surface area contributed by atoms with E-state index in [0.717, 1.165) is 17.7 Å². The van der Waals surface area contributed by atoms with Gasteiger partial charge in [0.15, 0.2) is 0 Å². The van der Waals surface area contributed by atoms with Gasteiger partial charge in [0.2, 0.25) is 0 Å². The highest BCUT2D eigenvalue weighted by Crippen LogP contribution is 2.36. The molecule has 1 unspecified atom stereocenters. The van der Waals surface area contributed by atoms with Gasteiger partial charge in [-0.15, -0.1) is 17.9 Å². The molecule has 3 N–H and O–H groups in total. The number of nitrogens with two attached hydrogens (primary N) is 1. The standard InChI is InChI=1S/C19H26N2S/c1-3-5-7-10-14(9-6-4-2)15-11-8-12-17-16(15)13-18(22-17)19(20)21/h4,8,11-14H,2-3,5-7,9-10H2,1H3,(H3,20,21). The lowest BCUT2D eigenvalue weighted by atomic mass is 9.87. The maximum atomic E-state index is 7.67. The van der Waals surface area contributed by atoms with Crippen LogP contribution < -0.4 is 5.73 Å². The lowest BCUT2D eigenvalue weighted by Crippen LogP contribution is -2.08. The lowest BCUT2D eigenvalue weighted by Gasteiger charge is -2.18. The summed E-state index contributed by atoms with van der Waals surface area (Å²) in [4.78, 5) is 0.874. The van der Waals surface area contributed by atoms with Gasteiger partial charge in [-0.05, 0) is 48.3 Å². The third-order valence-corrected chi connectivity index (χ3v) is 5.31. The van der Waals surface area contributed by atoms with Crippen molar-refractivity contribution >= 4 is 27.3 Å². The SMILES string of the molecule is C=CCCC(CCCCC)c1cccc2sc(C(=N)N)cc12. The largest absolute Gasteiger partial charge is 0.383 e. The summed E-state index contributed by atoms with van der Waals surface area (Å²) in [7, 11) is 0. The Labute approximate surface area is 137 Å². The van der Waals surface area contributed by atoms with Gasteiger partial charge in [-0.3, -0.25) is 5.41 Å². The molecule has 0 fully saturated rings. The summed E-state index contributed by atoms with van der Waals surface area (Å²) in [5.41, 5.74) is 7.08.